The number of fused-ring (bicyclic) bond motifs is 1. The zero-order valence-corrected chi connectivity index (χ0v) is 21.9. The molecule has 0 bridgehead atoms. The van der Waals surface area contributed by atoms with Crippen LogP contribution < -0.4 is 4.90 Å². The molecule has 0 saturated carbocycles. The number of hydrogen-bond donors (Lipinski definition) is 2. The zero-order valence-electron chi connectivity index (χ0n) is 21.9. The topological polar surface area (TPSA) is 77.8 Å². The monoisotopic (exact) mass is 493 g/mol. The first-order valence-electron chi connectivity index (χ1n) is 12.0. The predicted octanol–water partition coefficient (Wildman–Crippen LogP) is 6.35. The summed E-state index contributed by atoms with van der Waals surface area (Å²) in [4.78, 5) is 23.2. The van der Waals surface area contributed by atoms with Gasteiger partial charge in [-0.3, -0.25) is 9.59 Å². The Labute approximate surface area is 213 Å². The van der Waals surface area contributed by atoms with E-state index in [1.807, 2.05) is 0 Å². The lowest BCUT2D eigenvalue weighted by atomic mass is 9.88. The van der Waals surface area contributed by atoms with Gasteiger partial charge in [0.1, 0.15) is 5.82 Å². The lowest BCUT2D eigenvalue weighted by Crippen LogP contribution is -2.29. The number of benzene rings is 3. The third kappa shape index (κ3) is 7.25. The number of nitrogens with zero attached hydrogens (tertiary/aromatic N) is 1. The molecule has 1 amide bonds. The van der Waals surface area contributed by atoms with Gasteiger partial charge in [0.05, 0.1) is 11.2 Å². The van der Waals surface area contributed by atoms with Gasteiger partial charge >= 0.3 is 0 Å². The standard InChI is InChI=1S/C25H24FNO.C4H10O.CH2O2/c1-4-19-17(3)15-23-21(24(19)18-11-9-16(2)10-12-18)13-14-27(23)25(28)20-7-5-6-8-22(20)26;1-4(2,3)5;2-1-3/h5-12,15H,4,13-14H2,1-3H3;5H,1-3H3;1H,(H,2,3). The van der Waals surface area contributed by atoms with Gasteiger partial charge in [-0.2, -0.15) is 0 Å². The molecule has 0 radical (unpaired) electrons. The molecule has 0 atom stereocenters. The summed E-state index contributed by atoms with van der Waals surface area (Å²) in [6, 6.07) is 16.9. The fourth-order valence-electron chi connectivity index (χ4n) is 4.24. The van der Waals surface area contributed by atoms with Crippen LogP contribution in [0.25, 0.3) is 11.1 Å². The van der Waals surface area contributed by atoms with E-state index in [0.29, 0.717) is 6.54 Å². The van der Waals surface area contributed by atoms with Crippen molar-refractivity contribution < 1.29 is 24.2 Å². The van der Waals surface area contributed by atoms with Crippen molar-refractivity contribution in [1.82, 2.24) is 0 Å². The lowest BCUT2D eigenvalue weighted by molar-refractivity contribution is -0.122. The first kappa shape index (κ1) is 28.7. The summed E-state index contributed by atoms with van der Waals surface area (Å²) < 4.78 is 14.2. The number of hydrogen-bond acceptors (Lipinski definition) is 3. The molecule has 0 aliphatic carbocycles. The lowest BCUT2D eigenvalue weighted by Gasteiger charge is -2.21. The summed E-state index contributed by atoms with van der Waals surface area (Å²) in [5, 5.41) is 15.4. The summed E-state index contributed by atoms with van der Waals surface area (Å²) in [5.74, 6) is -0.739. The van der Waals surface area contributed by atoms with Gasteiger partial charge in [-0.1, -0.05) is 48.9 Å². The number of amides is 1. The van der Waals surface area contributed by atoms with Gasteiger partial charge in [0.15, 0.2) is 0 Å². The minimum absolute atomic E-state index is 0.129. The van der Waals surface area contributed by atoms with Crippen LogP contribution in [0.3, 0.4) is 0 Å². The number of aryl methyl sites for hydroxylation is 2. The smallest absolute Gasteiger partial charge is 0.290 e. The Bertz CT molecular complexity index is 1190. The fourth-order valence-corrected chi connectivity index (χ4v) is 4.24. The van der Waals surface area contributed by atoms with Crippen LogP contribution in [0, 0.1) is 19.7 Å². The SMILES string of the molecule is CC(C)(C)O.CCc1c(C)cc2c(c1-c1ccc(C)cc1)CCN2C(=O)c1ccccc1F.O=CO. The summed E-state index contributed by atoms with van der Waals surface area (Å²) in [7, 11) is 0. The zero-order chi connectivity index (χ0) is 27.0. The molecule has 1 heterocycles. The van der Waals surface area contributed by atoms with E-state index >= 15 is 0 Å². The van der Waals surface area contributed by atoms with E-state index in [-0.39, 0.29) is 17.9 Å². The van der Waals surface area contributed by atoms with E-state index in [1.165, 1.54) is 39.4 Å². The quantitative estimate of drug-likeness (QED) is 0.417. The molecular weight excluding hydrogens is 457 g/mol. The van der Waals surface area contributed by atoms with E-state index < -0.39 is 11.4 Å². The van der Waals surface area contributed by atoms with Crippen molar-refractivity contribution >= 4 is 18.1 Å². The summed E-state index contributed by atoms with van der Waals surface area (Å²) in [6.45, 7) is 11.9. The van der Waals surface area contributed by atoms with Crippen LogP contribution in [-0.2, 0) is 17.6 Å². The van der Waals surface area contributed by atoms with Crippen LogP contribution in [0.1, 0.15) is 60.3 Å². The molecular formula is C30H36FNO4. The minimum atomic E-state index is -0.500. The van der Waals surface area contributed by atoms with E-state index in [9.17, 15) is 9.18 Å². The number of anilines is 1. The van der Waals surface area contributed by atoms with Gasteiger partial charge in [0.2, 0.25) is 0 Å². The molecule has 0 fully saturated rings. The maximum absolute atomic E-state index is 14.2. The van der Waals surface area contributed by atoms with Gasteiger partial charge < -0.3 is 15.1 Å². The van der Waals surface area contributed by atoms with Crippen LogP contribution in [0.2, 0.25) is 0 Å². The normalized spacial score (nSPS) is 12.1. The molecule has 1 aliphatic rings. The molecule has 2 N–H and O–H groups in total. The maximum Gasteiger partial charge on any atom is 0.290 e. The van der Waals surface area contributed by atoms with Gasteiger partial charge in [-0.05, 0) is 93.5 Å². The van der Waals surface area contributed by atoms with Gasteiger partial charge in [-0.15, -0.1) is 0 Å². The fraction of sp³-hybridized carbons (Fsp3) is 0.333. The molecule has 0 saturated heterocycles. The average molecular weight is 494 g/mol. The van der Waals surface area contributed by atoms with Crippen molar-refractivity contribution in [3.63, 3.8) is 0 Å². The number of aliphatic hydroxyl groups is 1. The molecule has 36 heavy (non-hydrogen) atoms. The van der Waals surface area contributed by atoms with Crippen molar-refractivity contribution in [3.8, 4) is 11.1 Å². The number of rotatable bonds is 3. The minimum Gasteiger partial charge on any atom is -0.483 e. The highest BCUT2D eigenvalue weighted by atomic mass is 19.1. The molecule has 3 aromatic carbocycles. The van der Waals surface area contributed by atoms with Crippen LogP contribution in [0.15, 0.2) is 54.6 Å². The van der Waals surface area contributed by atoms with Crippen LogP contribution in [0.5, 0.6) is 0 Å². The van der Waals surface area contributed by atoms with E-state index in [0.717, 1.165) is 18.5 Å². The van der Waals surface area contributed by atoms with Crippen molar-refractivity contribution in [2.45, 2.75) is 60.0 Å². The maximum atomic E-state index is 14.2. The molecule has 192 valence electrons. The third-order valence-electron chi connectivity index (χ3n) is 5.66. The van der Waals surface area contributed by atoms with Gasteiger partial charge in [-0.25, -0.2) is 4.39 Å². The van der Waals surface area contributed by atoms with E-state index in [1.54, 1.807) is 43.9 Å². The molecule has 0 unspecified atom stereocenters. The number of carboxylic acid groups (broad SMARTS) is 1. The van der Waals surface area contributed by atoms with E-state index in [4.69, 9.17) is 15.0 Å². The Morgan fingerprint density at radius 3 is 2.17 bits per heavy atom. The third-order valence-corrected chi connectivity index (χ3v) is 5.66. The molecule has 6 heteroatoms. The van der Waals surface area contributed by atoms with Crippen LogP contribution in [0.4, 0.5) is 10.1 Å². The van der Waals surface area contributed by atoms with Gasteiger partial charge in [0.25, 0.3) is 12.4 Å². The number of carbonyl (C=O) groups is 2. The van der Waals surface area contributed by atoms with Crippen molar-refractivity contribution in [2.75, 3.05) is 11.4 Å². The second-order valence-electron chi connectivity index (χ2n) is 9.73. The molecule has 0 spiro atoms. The highest BCUT2D eigenvalue weighted by Gasteiger charge is 2.30. The number of halogens is 1. The Kier molecular flexibility index (Phi) is 9.93. The van der Waals surface area contributed by atoms with Crippen LogP contribution >= 0.6 is 0 Å². The molecule has 3 aromatic rings. The van der Waals surface area contributed by atoms with Crippen molar-refractivity contribution in [3.05, 3.63) is 88.2 Å². The largest absolute Gasteiger partial charge is 0.483 e. The molecule has 4 rings (SSSR count). The Morgan fingerprint density at radius 1 is 1.08 bits per heavy atom. The Hall–Kier alpha value is -3.51. The second kappa shape index (κ2) is 12.5. The highest BCUT2D eigenvalue weighted by Crippen LogP contribution is 2.41. The summed E-state index contributed by atoms with van der Waals surface area (Å²) in [6.07, 6.45) is 1.72. The van der Waals surface area contributed by atoms with Gasteiger partial charge in [0, 0.05) is 12.2 Å². The second-order valence-corrected chi connectivity index (χ2v) is 9.73. The Balaban J connectivity index is 0.000000501. The molecule has 0 aromatic heterocycles. The first-order valence-corrected chi connectivity index (χ1v) is 12.0. The first-order chi connectivity index (χ1) is 16.9. The highest BCUT2D eigenvalue weighted by molar-refractivity contribution is 6.08. The van der Waals surface area contributed by atoms with Crippen LogP contribution in [-0.4, -0.2) is 34.7 Å². The van der Waals surface area contributed by atoms with Crippen molar-refractivity contribution in [1.29, 1.82) is 0 Å². The summed E-state index contributed by atoms with van der Waals surface area (Å²) in [5.41, 5.74) is 7.87. The average Bonchev–Trinajstić information content (AvgIpc) is 3.21. The van der Waals surface area contributed by atoms with Crippen molar-refractivity contribution in [2.24, 2.45) is 0 Å². The Morgan fingerprint density at radius 2 is 1.64 bits per heavy atom. The molecule has 5 nitrogen and oxygen atoms in total. The number of carbonyl (C=O) groups excluding carboxylic acids is 1. The van der Waals surface area contributed by atoms with E-state index in [2.05, 4.69) is 51.1 Å². The summed E-state index contributed by atoms with van der Waals surface area (Å²) >= 11 is 0. The predicted molar refractivity (Wildman–Crippen MR) is 143 cm³/mol. The molecule has 1 aliphatic heterocycles.